The second kappa shape index (κ2) is 8.16. The highest BCUT2D eigenvalue weighted by Gasteiger charge is 2.41. The van der Waals surface area contributed by atoms with Crippen LogP contribution in [0, 0.1) is 6.92 Å². The number of hydrogen-bond acceptors (Lipinski definition) is 5. The summed E-state index contributed by atoms with van der Waals surface area (Å²) in [6, 6.07) is 17.0. The van der Waals surface area contributed by atoms with Crippen LogP contribution in [0.1, 0.15) is 22.9 Å². The zero-order valence-corrected chi connectivity index (χ0v) is 17.9. The van der Waals surface area contributed by atoms with Gasteiger partial charge in [0.2, 0.25) is 0 Å². The summed E-state index contributed by atoms with van der Waals surface area (Å²) in [4.78, 5) is 28.9. The van der Waals surface area contributed by atoms with Gasteiger partial charge in [-0.15, -0.1) is 11.3 Å². The topological polar surface area (TPSA) is 58.6 Å². The van der Waals surface area contributed by atoms with Crippen molar-refractivity contribution in [3.8, 4) is 5.75 Å². The van der Waals surface area contributed by atoms with Crippen LogP contribution < -0.4 is 15.0 Å². The van der Waals surface area contributed by atoms with Gasteiger partial charge in [-0.1, -0.05) is 31.2 Å². The summed E-state index contributed by atoms with van der Waals surface area (Å²) in [6.07, 6.45) is 0.932. The molecule has 30 heavy (non-hydrogen) atoms. The molecule has 4 rings (SSSR count). The fourth-order valence-corrected chi connectivity index (χ4v) is 4.22. The molecule has 2 amide bonds. The number of ether oxygens (including phenoxy) is 1. The monoisotopic (exact) mass is 418 g/mol. The molecule has 0 saturated heterocycles. The molecule has 1 aliphatic rings. The Morgan fingerprint density at radius 2 is 1.80 bits per heavy atom. The average Bonchev–Trinajstić information content (AvgIpc) is 3.35. The molecular weight excluding hydrogens is 396 g/mol. The molecule has 0 spiro atoms. The summed E-state index contributed by atoms with van der Waals surface area (Å²) < 4.78 is 5.43. The van der Waals surface area contributed by atoms with E-state index in [4.69, 9.17) is 4.74 Å². The number of methoxy groups -OCH3 is 1. The van der Waals surface area contributed by atoms with E-state index in [1.165, 1.54) is 28.9 Å². The summed E-state index contributed by atoms with van der Waals surface area (Å²) >= 11 is 1.43. The van der Waals surface area contributed by atoms with Crippen molar-refractivity contribution in [3.05, 3.63) is 81.7 Å². The predicted octanol–water partition coefficient (Wildman–Crippen LogP) is 5.02. The number of rotatable bonds is 6. The van der Waals surface area contributed by atoms with Gasteiger partial charge in [0.05, 0.1) is 18.4 Å². The van der Waals surface area contributed by atoms with E-state index in [0.717, 1.165) is 22.5 Å². The van der Waals surface area contributed by atoms with Crippen molar-refractivity contribution in [2.75, 3.05) is 17.3 Å². The zero-order valence-electron chi connectivity index (χ0n) is 17.1. The molecule has 1 N–H and O–H groups in total. The van der Waals surface area contributed by atoms with Crippen LogP contribution in [0.2, 0.25) is 0 Å². The molecule has 1 aromatic heterocycles. The number of hydrogen-bond donors (Lipinski definition) is 1. The maximum atomic E-state index is 13.5. The molecule has 2 aromatic carbocycles. The Labute approximate surface area is 179 Å². The van der Waals surface area contributed by atoms with Crippen LogP contribution in [0.15, 0.2) is 65.7 Å². The average molecular weight is 419 g/mol. The number of carbonyl (C=O) groups is 2. The molecule has 152 valence electrons. The van der Waals surface area contributed by atoms with Gasteiger partial charge in [-0.05, 0) is 60.2 Å². The summed E-state index contributed by atoms with van der Waals surface area (Å²) in [5.74, 6) is -0.285. The van der Waals surface area contributed by atoms with Crippen LogP contribution in [-0.2, 0) is 16.0 Å². The highest BCUT2D eigenvalue weighted by Crippen LogP contribution is 2.39. The molecule has 0 radical (unpaired) electrons. The van der Waals surface area contributed by atoms with Crippen molar-refractivity contribution < 1.29 is 14.3 Å². The first-order chi connectivity index (χ1) is 14.5. The van der Waals surface area contributed by atoms with Crippen molar-refractivity contribution in [1.82, 2.24) is 0 Å². The molecule has 0 saturated carbocycles. The van der Waals surface area contributed by atoms with Crippen molar-refractivity contribution in [2.24, 2.45) is 0 Å². The van der Waals surface area contributed by atoms with E-state index in [1.54, 1.807) is 12.1 Å². The lowest BCUT2D eigenvalue weighted by molar-refractivity contribution is -0.120. The number of nitrogens with one attached hydrogen (secondary N) is 1. The van der Waals surface area contributed by atoms with Gasteiger partial charge in [0, 0.05) is 10.6 Å². The highest BCUT2D eigenvalue weighted by atomic mass is 32.1. The van der Waals surface area contributed by atoms with Gasteiger partial charge in [-0.3, -0.25) is 9.59 Å². The Morgan fingerprint density at radius 1 is 1.03 bits per heavy atom. The van der Waals surface area contributed by atoms with Crippen LogP contribution >= 0.6 is 11.3 Å². The highest BCUT2D eigenvalue weighted by molar-refractivity contribution is 7.11. The van der Waals surface area contributed by atoms with Gasteiger partial charge in [0.15, 0.2) is 0 Å². The lowest BCUT2D eigenvalue weighted by Crippen LogP contribution is -2.32. The van der Waals surface area contributed by atoms with Crippen LogP contribution in [0.25, 0.3) is 5.57 Å². The molecule has 0 bridgehead atoms. The molecule has 0 unspecified atom stereocenters. The van der Waals surface area contributed by atoms with Gasteiger partial charge >= 0.3 is 0 Å². The largest absolute Gasteiger partial charge is 0.495 e. The van der Waals surface area contributed by atoms with E-state index in [9.17, 15) is 9.59 Å². The van der Waals surface area contributed by atoms with Gasteiger partial charge in [0.1, 0.15) is 11.4 Å². The van der Waals surface area contributed by atoms with Gasteiger partial charge < -0.3 is 10.1 Å². The Balaban J connectivity index is 1.80. The second-order valence-corrected chi connectivity index (χ2v) is 7.97. The standard InChI is InChI=1S/C24H22N2O3S/c1-4-16-8-10-17(11-9-16)25-22-21(20-6-5-13-30-20)23(27)26(24(22)28)18-14-15(2)7-12-19(18)29-3/h5-14,25H,4H2,1-3H3. The lowest BCUT2D eigenvalue weighted by Gasteiger charge is -2.19. The maximum Gasteiger partial charge on any atom is 0.282 e. The summed E-state index contributed by atoms with van der Waals surface area (Å²) in [5.41, 5.74) is 3.98. The summed E-state index contributed by atoms with van der Waals surface area (Å²) in [7, 11) is 1.53. The summed E-state index contributed by atoms with van der Waals surface area (Å²) in [5, 5.41) is 5.09. The quantitative estimate of drug-likeness (QED) is 0.571. The Hall–Kier alpha value is -3.38. The molecule has 6 heteroatoms. The van der Waals surface area contributed by atoms with E-state index in [-0.39, 0.29) is 11.6 Å². The third-order valence-corrected chi connectivity index (χ3v) is 5.95. The van der Waals surface area contributed by atoms with Crippen molar-refractivity contribution in [2.45, 2.75) is 20.3 Å². The molecular formula is C24H22N2O3S. The minimum atomic E-state index is -0.396. The van der Waals surface area contributed by atoms with E-state index >= 15 is 0 Å². The fourth-order valence-electron chi connectivity index (χ4n) is 3.46. The number of carbonyl (C=O) groups excluding carboxylic acids is 2. The zero-order chi connectivity index (χ0) is 21.3. The number of anilines is 2. The third kappa shape index (κ3) is 3.50. The van der Waals surface area contributed by atoms with Crippen molar-refractivity contribution >= 4 is 40.1 Å². The molecule has 3 aromatic rings. The van der Waals surface area contributed by atoms with E-state index in [0.29, 0.717) is 17.0 Å². The van der Waals surface area contributed by atoms with Crippen molar-refractivity contribution in [3.63, 3.8) is 0 Å². The van der Waals surface area contributed by atoms with Crippen LogP contribution in [0.5, 0.6) is 5.75 Å². The van der Waals surface area contributed by atoms with Gasteiger partial charge in [0.25, 0.3) is 11.8 Å². The molecule has 0 fully saturated rings. The van der Waals surface area contributed by atoms with Gasteiger partial charge in [-0.25, -0.2) is 4.90 Å². The van der Waals surface area contributed by atoms with Crippen LogP contribution in [0.3, 0.4) is 0 Å². The first-order valence-corrected chi connectivity index (χ1v) is 10.6. The SMILES string of the molecule is CCc1ccc(NC2=C(c3cccs3)C(=O)N(c3cc(C)ccc3OC)C2=O)cc1. The van der Waals surface area contributed by atoms with E-state index in [2.05, 4.69) is 12.2 Å². The Bertz CT molecular complexity index is 1130. The van der Waals surface area contributed by atoms with Crippen LogP contribution in [0.4, 0.5) is 11.4 Å². The first kappa shape index (κ1) is 19.9. The van der Waals surface area contributed by atoms with Gasteiger partial charge in [-0.2, -0.15) is 0 Å². The lowest BCUT2D eigenvalue weighted by atomic mass is 10.1. The maximum absolute atomic E-state index is 13.5. The minimum Gasteiger partial charge on any atom is -0.495 e. The smallest absolute Gasteiger partial charge is 0.282 e. The number of nitrogens with zero attached hydrogens (tertiary/aromatic N) is 1. The van der Waals surface area contributed by atoms with E-state index in [1.807, 2.05) is 54.8 Å². The number of thiophene rings is 1. The molecule has 5 nitrogen and oxygen atoms in total. The molecule has 0 aliphatic carbocycles. The number of imide groups is 1. The third-order valence-electron chi connectivity index (χ3n) is 5.06. The predicted molar refractivity (Wildman–Crippen MR) is 121 cm³/mol. The number of aryl methyl sites for hydroxylation is 2. The Morgan fingerprint density at radius 3 is 2.43 bits per heavy atom. The fraction of sp³-hybridized carbons (Fsp3) is 0.167. The molecule has 2 heterocycles. The Kier molecular flexibility index (Phi) is 5.42. The minimum absolute atomic E-state index is 0.273. The number of amides is 2. The first-order valence-electron chi connectivity index (χ1n) is 9.71. The number of benzene rings is 2. The van der Waals surface area contributed by atoms with Crippen LogP contribution in [-0.4, -0.2) is 18.9 Å². The molecule has 1 aliphatic heterocycles. The van der Waals surface area contributed by atoms with Crippen molar-refractivity contribution in [1.29, 1.82) is 0 Å². The van der Waals surface area contributed by atoms with E-state index < -0.39 is 5.91 Å². The normalized spacial score (nSPS) is 13.9. The second-order valence-electron chi connectivity index (χ2n) is 7.02. The molecule has 0 atom stereocenters. The summed E-state index contributed by atoms with van der Waals surface area (Å²) in [6.45, 7) is 4.00.